The zero-order valence-electron chi connectivity index (χ0n) is 9.83. The van der Waals surface area contributed by atoms with Crippen LogP contribution in [-0.2, 0) is 6.42 Å². The summed E-state index contributed by atoms with van der Waals surface area (Å²) < 4.78 is 13.5. The number of benzene rings is 1. The van der Waals surface area contributed by atoms with Gasteiger partial charge in [0.15, 0.2) is 0 Å². The first-order valence-corrected chi connectivity index (χ1v) is 5.75. The van der Waals surface area contributed by atoms with E-state index in [1.54, 1.807) is 12.1 Å². The molecule has 0 aliphatic carbocycles. The van der Waals surface area contributed by atoms with Crippen LogP contribution in [0.2, 0.25) is 0 Å². The van der Waals surface area contributed by atoms with Gasteiger partial charge in [-0.15, -0.1) is 0 Å². The summed E-state index contributed by atoms with van der Waals surface area (Å²) in [5.41, 5.74) is 2.25. The third-order valence-electron chi connectivity index (χ3n) is 2.65. The van der Waals surface area contributed by atoms with E-state index in [2.05, 4.69) is 15.5 Å². The highest BCUT2D eigenvalue weighted by Gasteiger charge is 2.07. The second-order valence-electron chi connectivity index (χ2n) is 3.97. The summed E-state index contributed by atoms with van der Waals surface area (Å²) >= 11 is 0. The Hall–Kier alpha value is -1.68. The summed E-state index contributed by atoms with van der Waals surface area (Å²) in [6, 6.07) is 8.59. The van der Waals surface area contributed by atoms with Crippen molar-refractivity contribution < 1.29 is 4.39 Å². The molecule has 1 aromatic heterocycles. The van der Waals surface area contributed by atoms with Gasteiger partial charge in [0, 0.05) is 11.3 Å². The van der Waals surface area contributed by atoms with E-state index in [0.29, 0.717) is 11.3 Å². The molecule has 2 aromatic rings. The number of nitrogens with one attached hydrogen (secondary N) is 2. The SMILES string of the molecule is CNCCCc1cc(-c2ccccc2F)n[nH]1. The molecule has 90 valence electrons. The van der Waals surface area contributed by atoms with Crippen LogP contribution >= 0.6 is 0 Å². The zero-order chi connectivity index (χ0) is 12.1. The van der Waals surface area contributed by atoms with Crippen molar-refractivity contribution in [3.05, 3.63) is 41.8 Å². The first-order chi connectivity index (χ1) is 8.31. The predicted octanol–water partition coefficient (Wildman–Crippen LogP) is 2.37. The molecule has 1 aromatic carbocycles. The van der Waals surface area contributed by atoms with Gasteiger partial charge in [0.1, 0.15) is 5.82 Å². The van der Waals surface area contributed by atoms with Crippen molar-refractivity contribution in [2.75, 3.05) is 13.6 Å². The number of aryl methyl sites for hydroxylation is 1. The Morgan fingerprint density at radius 1 is 1.35 bits per heavy atom. The van der Waals surface area contributed by atoms with E-state index in [-0.39, 0.29) is 5.82 Å². The van der Waals surface area contributed by atoms with Crippen molar-refractivity contribution in [1.29, 1.82) is 0 Å². The molecule has 0 bridgehead atoms. The van der Waals surface area contributed by atoms with Crippen LogP contribution in [0.5, 0.6) is 0 Å². The molecule has 0 atom stereocenters. The van der Waals surface area contributed by atoms with Gasteiger partial charge in [0.2, 0.25) is 0 Å². The fourth-order valence-corrected chi connectivity index (χ4v) is 1.75. The molecule has 2 N–H and O–H groups in total. The van der Waals surface area contributed by atoms with E-state index in [0.717, 1.165) is 25.1 Å². The van der Waals surface area contributed by atoms with Crippen molar-refractivity contribution >= 4 is 0 Å². The van der Waals surface area contributed by atoms with Crippen LogP contribution < -0.4 is 5.32 Å². The number of nitrogens with zero attached hydrogens (tertiary/aromatic N) is 1. The third-order valence-corrected chi connectivity index (χ3v) is 2.65. The van der Waals surface area contributed by atoms with E-state index >= 15 is 0 Å². The lowest BCUT2D eigenvalue weighted by Gasteiger charge is -1.97. The van der Waals surface area contributed by atoms with E-state index < -0.39 is 0 Å². The van der Waals surface area contributed by atoms with Crippen molar-refractivity contribution in [2.24, 2.45) is 0 Å². The van der Waals surface area contributed by atoms with Gasteiger partial charge < -0.3 is 5.32 Å². The first kappa shape index (κ1) is 11.8. The molecule has 2 rings (SSSR count). The van der Waals surface area contributed by atoms with E-state index in [9.17, 15) is 4.39 Å². The van der Waals surface area contributed by atoms with Crippen LogP contribution in [0.3, 0.4) is 0 Å². The van der Waals surface area contributed by atoms with Crippen LogP contribution in [0, 0.1) is 5.82 Å². The molecule has 0 spiro atoms. The van der Waals surface area contributed by atoms with Crippen LogP contribution in [0.15, 0.2) is 30.3 Å². The lowest BCUT2D eigenvalue weighted by molar-refractivity contribution is 0.630. The summed E-state index contributed by atoms with van der Waals surface area (Å²) in [5, 5.41) is 10.2. The first-order valence-electron chi connectivity index (χ1n) is 5.75. The minimum atomic E-state index is -0.235. The molecule has 0 fully saturated rings. The molecule has 0 unspecified atom stereocenters. The topological polar surface area (TPSA) is 40.7 Å². The smallest absolute Gasteiger partial charge is 0.132 e. The minimum Gasteiger partial charge on any atom is -0.320 e. The summed E-state index contributed by atoms with van der Waals surface area (Å²) in [4.78, 5) is 0. The molecule has 3 nitrogen and oxygen atoms in total. The Kier molecular flexibility index (Phi) is 3.88. The maximum Gasteiger partial charge on any atom is 0.132 e. The van der Waals surface area contributed by atoms with Gasteiger partial charge in [-0.1, -0.05) is 12.1 Å². The second-order valence-corrected chi connectivity index (χ2v) is 3.97. The molecule has 0 saturated carbocycles. The largest absolute Gasteiger partial charge is 0.320 e. The van der Waals surface area contributed by atoms with Gasteiger partial charge in [-0.25, -0.2) is 4.39 Å². The Bertz CT molecular complexity index is 479. The average molecular weight is 233 g/mol. The number of aromatic nitrogens is 2. The standard InChI is InChI=1S/C13H16FN3/c1-15-8-4-5-10-9-13(17-16-10)11-6-2-3-7-12(11)14/h2-3,6-7,9,15H,4-5,8H2,1H3,(H,16,17). The minimum absolute atomic E-state index is 0.235. The molecular formula is C13H16FN3. The highest BCUT2D eigenvalue weighted by molar-refractivity contribution is 5.59. The van der Waals surface area contributed by atoms with E-state index in [1.165, 1.54) is 6.07 Å². The lowest BCUT2D eigenvalue weighted by atomic mass is 10.1. The number of H-pyrrole nitrogens is 1. The zero-order valence-corrected chi connectivity index (χ0v) is 9.83. The van der Waals surface area contributed by atoms with Crippen LogP contribution in [0.4, 0.5) is 4.39 Å². The Balaban J connectivity index is 2.10. The van der Waals surface area contributed by atoms with Gasteiger partial charge >= 0.3 is 0 Å². The molecule has 0 radical (unpaired) electrons. The van der Waals surface area contributed by atoms with Gasteiger partial charge in [-0.05, 0) is 44.6 Å². The fourth-order valence-electron chi connectivity index (χ4n) is 1.75. The number of halogens is 1. The quantitative estimate of drug-likeness (QED) is 0.778. The van der Waals surface area contributed by atoms with Crippen molar-refractivity contribution in [3.63, 3.8) is 0 Å². The van der Waals surface area contributed by atoms with Crippen LogP contribution in [0.25, 0.3) is 11.3 Å². The van der Waals surface area contributed by atoms with Gasteiger partial charge in [0.25, 0.3) is 0 Å². The molecule has 17 heavy (non-hydrogen) atoms. The van der Waals surface area contributed by atoms with Crippen molar-refractivity contribution in [2.45, 2.75) is 12.8 Å². The maximum atomic E-state index is 13.5. The number of hydrogen-bond acceptors (Lipinski definition) is 2. The molecule has 0 aliphatic heterocycles. The van der Waals surface area contributed by atoms with E-state index in [4.69, 9.17) is 0 Å². The van der Waals surface area contributed by atoms with Gasteiger partial charge in [-0.3, -0.25) is 5.10 Å². The summed E-state index contributed by atoms with van der Waals surface area (Å²) in [6.07, 6.45) is 1.96. The Labute approximate surface area is 100 Å². The summed E-state index contributed by atoms with van der Waals surface area (Å²) in [6.45, 7) is 0.966. The molecule has 1 heterocycles. The predicted molar refractivity (Wildman–Crippen MR) is 66.2 cm³/mol. The molecule has 0 saturated heterocycles. The van der Waals surface area contributed by atoms with Crippen LogP contribution in [0.1, 0.15) is 12.1 Å². The highest BCUT2D eigenvalue weighted by Crippen LogP contribution is 2.21. The third kappa shape index (κ3) is 2.91. The summed E-state index contributed by atoms with van der Waals surface area (Å²) in [5.74, 6) is -0.235. The number of rotatable bonds is 5. The molecule has 4 heteroatoms. The molecule has 0 amide bonds. The Morgan fingerprint density at radius 3 is 2.94 bits per heavy atom. The van der Waals surface area contributed by atoms with Gasteiger partial charge in [-0.2, -0.15) is 5.10 Å². The fraction of sp³-hybridized carbons (Fsp3) is 0.308. The lowest BCUT2D eigenvalue weighted by Crippen LogP contribution is -2.08. The molecule has 0 aliphatic rings. The maximum absolute atomic E-state index is 13.5. The van der Waals surface area contributed by atoms with Crippen molar-refractivity contribution in [3.8, 4) is 11.3 Å². The normalized spacial score (nSPS) is 10.7. The average Bonchev–Trinajstić information content (AvgIpc) is 2.79. The van der Waals surface area contributed by atoms with Crippen molar-refractivity contribution in [1.82, 2.24) is 15.5 Å². The Morgan fingerprint density at radius 2 is 2.18 bits per heavy atom. The monoisotopic (exact) mass is 233 g/mol. The molecular weight excluding hydrogens is 217 g/mol. The highest BCUT2D eigenvalue weighted by atomic mass is 19.1. The van der Waals surface area contributed by atoms with Crippen LogP contribution in [-0.4, -0.2) is 23.8 Å². The number of aromatic amines is 1. The van der Waals surface area contributed by atoms with Gasteiger partial charge in [0.05, 0.1) is 5.69 Å². The number of hydrogen-bond donors (Lipinski definition) is 2. The second kappa shape index (κ2) is 5.59. The summed E-state index contributed by atoms with van der Waals surface area (Å²) in [7, 11) is 1.93. The van der Waals surface area contributed by atoms with E-state index in [1.807, 2.05) is 19.2 Å².